The number of nitrogens with one attached hydrogen (secondary N) is 2. The predicted molar refractivity (Wildman–Crippen MR) is 233 cm³/mol. The fourth-order valence-electron chi connectivity index (χ4n) is 7.50. The molecule has 0 aromatic heterocycles. The van der Waals surface area contributed by atoms with Crippen molar-refractivity contribution in [3.63, 3.8) is 0 Å². The third-order valence-corrected chi connectivity index (χ3v) is 11.2. The third-order valence-electron chi connectivity index (χ3n) is 11.2. The molecule has 10 nitrogen and oxygen atoms in total. The summed E-state index contributed by atoms with van der Waals surface area (Å²) in [6, 6.07) is 40.9. The van der Waals surface area contributed by atoms with E-state index in [2.05, 4.69) is 33.7 Å². The van der Waals surface area contributed by atoms with E-state index in [-0.39, 0.29) is 36.7 Å². The van der Waals surface area contributed by atoms with Crippen LogP contribution in [0.5, 0.6) is 0 Å². The van der Waals surface area contributed by atoms with Gasteiger partial charge >= 0.3 is 0 Å². The van der Waals surface area contributed by atoms with E-state index in [1.807, 2.05) is 111 Å². The molecule has 2 amide bonds. The maximum absolute atomic E-state index is 12.8. The number of amides is 2. The Morgan fingerprint density at radius 2 is 1.42 bits per heavy atom. The number of aliphatic hydroxyl groups is 2. The van der Waals surface area contributed by atoms with Crippen LogP contribution in [0.4, 0.5) is 11.4 Å². The number of anilines is 2. The number of hydrogen-bond donors (Lipinski definition) is 5. The molecule has 1 saturated heterocycles. The number of benzene rings is 5. The molecule has 1 heterocycles. The topological polar surface area (TPSA) is 146 Å². The number of hydrogen-bond acceptors (Lipinski definition) is 8. The second kappa shape index (κ2) is 21.6. The number of nitrogen functional groups attached to an aromatic ring is 1. The van der Waals surface area contributed by atoms with Crippen LogP contribution in [-0.4, -0.2) is 52.7 Å². The number of nitrogens with zero attached hydrogens (tertiary/aromatic N) is 1. The average molecular weight is 799 g/mol. The van der Waals surface area contributed by atoms with E-state index >= 15 is 0 Å². The molecule has 0 unspecified atom stereocenters. The minimum Gasteiger partial charge on any atom is -0.397 e. The standard InChI is InChI=1S/C49H58N4O6/c1-34(48(57)38-14-6-5-7-15-38)53(2)32-41-30-45(37-24-22-35(33-54)23-25-37)59-49(58-41)39-28-26-36(27-29-39)42-17-11-10-16-40(42)31-51-46(55)20-8-3-4-9-21-47(56)52-44-19-13-12-18-43(44)50/h5-7,10-19,22-29,34,41,45,48-49,54,57H,3-4,8-9,20-21,30-33,50H2,1-2H3,(H,51,55)(H,52,56)/t34-,41+,45-,48-,49-/m0/s1. The van der Waals surface area contributed by atoms with Crippen molar-refractivity contribution in [1.82, 2.24) is 10.2 Å². The van der Waals surface area contributed by atoms with Crippen molar-refractivity contribution in [1.29, 1.82) is 0 Å². The van der Waals surface area contributed by atoms with Crippen molar-refractivity contribution in [2.75, 3.05) is 24.6 Å². The Morgan fingerprint density at radius 3 is 2.14 bits per heavy atom. The monoisotopic (exact) mass is 798 g/mol. The highest BCUT2D eigenvalue weighted by Gasteiger charge is 2.34. The van der Waals surface area contributed by atoms with Gasteiger partial charge in [0.2, 0.25) is 11.8 Å². The van der Waals surface area contributed by atoms with Gasteiger partial charge in [0.05, 0.1) is 36.3 Å². The first kappa shape index (κ1) is 43.2. The fourth-order valence-corrected chi connectivity index (χ4v) is 7.50. The number of nitrogens with two attached hydrogens (primary N) is 1. The quantitative estimate of drug-likeness (QED) is 0.0413. The lowest BCUT2D eigenvalue weighted by Crippen LogP contribution is -2.43. The zero-order chi connectivity index (χ0) is 41.6. The van der Waals surface area contributed by atoms with Crippen LogP contribution in [0, 0.1) is 0 Å². The maximum atomic E-state index is 12.8. The van der Waals surface area contributed by atoms with Crippen LogP contribution in [0.25, 0.3) is 11.1 Å². The largest absolute Gasteiger partial charge is 0.397 e. The van der Waals surface area contributed by atoms with Gasteiger partial charge < -0.3 is 36.1 Å². The molecule has 0 saturated carbocycles. The van der Waals surface area contributed by atoms with Gasteiger partial charge in [-0.3, -0.25) is 14.5 Å². The van der Waals surface area contributed by atoms with E-state index in [4.69, 9.17) is 15.2 Å². The van der Waals surface area contributed by atoms with E-state index in [1.54, 1.807) is 12.1 Å². The van der Waals surface area contributed by atoms with E-state index in [0.29, 0.717) is 43.7 Å². The van der Waals surface area contributed by atoms with E-state index in [1.165, 1.54) is 0 Å². The number of likely N-dealkylation sites (N-methyl/N-ethyl adjacent to an activating group) is 1. The molecular formula is C49H58N4O6. The summed E-state index contributed by atoms with van der Waals surface area (Å²) in [5.74, 6) is -0.0529. The Kier molecular flexibility index (Phi) is 15.8. The zero-order valence-corrected chi connectivity index (χ0v) is 34.1. The van der Waals surface area contributed by atoms with Crippen LogP contribution in [0.1, 0.15) is 98.2 Å². The average Bonchev–Trinajstić information content (AvgIpc) is 3.27. The highest BCUT2D eigenvalue weighted by molar-refractivity contribution is 5.93. The first-order chi connectivity index (χ1) is 28.7. The Bertz CT molecular complexity index is 2080. The SMILES string of the molecule is C[C@@H]([C@H](O)c1ccccc1)N(C)C[C@H]1C[C@@H](c2ccc(CO)cc2)O[C@@H](c2ccc(-c3ccccc3CNC(=O)CCCCCCC(=O)Nc3ccccc3N)cc2)O1. The van der Waals surface area contributed by atoms with Gasteiger partial charge in [-0.1, -0.05) is 128 Å². The van der Waals surface area contributed by atoms with Gasteiger partial charge in [-0.25, -0.2) is 0 Å². The van der Waals surface area contributed by atoms with Crippen molar-refractivity contribution in [2.45, 2.75) is 95.7 Å². The van der Waals surface area contributed by atoms with Crippen molar-refractivity contribution < 1.29 is 29.3 Å². The van der Waals surface area contributed by atoms with E-state index in [9.17, 15) is 19.8 Å². The summed E-state index contributed by atoms with van der Waals surface area (Å²) in [5.41, 5.74) is 13.8. The lowest BCUT2D eigenvalue weighted by Gasteiger charge is -2.39. The minimum atomic E-state index is -0.646. The lowest BCUT2D eigenvalue weighted by molar-refractivity contribution is -0.253. The molecule has 5 aromatic carbocycles. The first-order valence-corrected chi connectivity index (χ1v) is 20.7. The van der Waals surface area contributed by atoms with Crippen LogP contribution < -0.4 is 16.4 Å². The van der Waals surface area contributed by atoms with E-state index < -0.39 is 12.4 Å². The summed E-state index contributed by atoms with van der Waals surface area (Å²) in [4.78, 5) is 27.2. The molecule has 1 aliphatic rings. The number of unbranched alkanes of at least 4 members (excludes halogenated alkanes) is 3. The molecule has 6 rings (SSSR count). The molecule has 0 aliphatic carbocycles. The number of carbonyl (C=O) groups excluding carboxylic acids is 2. The predicted octanol–water partition coefficient (Wildman–Crippen LogP) is 8.62. The van der Waals surface area contributed by atoms with Gasteiger partial charge in [0.25, 0.3) is 0 Å². The summed E-state index contributed by atoms with van der Waals surface area (Å²) < 4.78 is 13.3. The molecule has 10 heteroatoms. The first-order valence-electron chi connectivity index (χ1n) is 20.7. The molecular weight excluding hydrogens is 741 g/mol. The van der Waals surface area contributed by atoms with Gasteiger partial charge in [0.15, 0.2) is 6.29 Å². The Balaban J connectivity index is 1.03. The molecule has 0 radical (unpaired) electrons. The number of ether oxygens (including phenoxy) is 2. The van der Waals surface area contributed by atoms with Crippen LogP contribution >= 0.6 is 0 Å². The van der Waals surface area contributed by atoms with Gasteiger partial charge in [-0.2, -0.15) is 0 Å². The number of para-hydroxylation sites is 2. The smallest absolute Gasteiger partial charge is 0.224 e. The lowest BCUT2D eigenvalue weighted by atomic mass is 9.97. The van der Waals surface area contributed by atoms with Gasteiger partial charge in [-0.15, -0.1) is 0 Å². The van der Waals surface area contributed by atoms with Crippen LogP contribution in [0.15, 0.2) is 127 Å². The number of aliphatic hydroxyl groups excluding tert-OH is 2. The fraction of sp³-hybridized carbons (Fsp3) is 0.347. The third kappa shape index (κ3) is 12.3. The normalized spacial score (nSPS) is 17.6. The minimum absolute atomic E-state index is 0.00349. The molecule has 1 fully saturated rings. The molecule has 0 spiro atoms. The van der Waals surface area contributed by atoms with Crippen LogP contribution in [0.3, 0.4) is 0 Å². The Labute approximate surface area is 348 Å². The highest BCUT2D eigenvalue weighted by atomic mass is 16.7. The van der Waals surface area contributed by atoms with Crippen molar-refractivity contribution >= 4 is 23.2 Å². The van der Waals surface area contributed by atoms with Gasteiger partial charge in [0, 0.05) is 44.0 Å². The van der Waals surface area contributed by atoms with Crippen molar-refractivity contribution in [3.05, 3.63) is 155 Å². The second-order valence-electron chi connectivity index (χ2n) is 15.5. The van der Waals surface area contributed by atoms with Gasteiger partial charge in [-0.05, 0) is 72.3 Å². The molecule has 1 aliphatic heterocycles. The molecule has 5 atom stereocenters. The second-order valence-corrected chi connectivity index (χ2v) is 15.5. The zero-order valence-electron chi connectivity index (χ0n) is 34.1. The molecule has 0 bridgehead atoms. The molecule has 6 N–H and O–H groups in total. The maximum Gasteiger partial charge on any atom is 0.224 e. The van der Waals surface area contributed by atoms with Crippen molar-refractivity contribution in [3.8, 4) is 11.1 Å². The summed E-state index contributed by atoms with van der Waals surface area (Å²) in [7, 11) is 2.01. The van der Waals surface area contributed by atoms with Crippen LogP contribution in [-0.2, 0) is 32.2 Å². The van der Waals surface area contributed by atoms with E-state index in [0.717, 1.165) is 64.6 Å². The molecule has 59 heavy (non-hydrogen) atoms. The van der Waals surface area contributed by atoms with Crippen LogP contribution in [0.2, 0.25) is 0 Å². The van der Waals surface area contributed by atoms with Crippen molar-refractivity contribution in [2.24, 2.45) is 0 Å². The van der Waals surface area contributed by atoms with Gasteiger partial charge in [0.1, 0.15) is 0 Å². The number of rotatable bonds is 19. The Hall–Kier alpha value is -5.36. The summed E-state index contributed by atoms with van der Waals surface area (Å²) in [6.45, 7) is 3.01. The molecule has 310 valence electrons. The number of carbonyl (C=O) groups is 2. The highest BCUT2D eigenvalue weighted by Crippen LogP contribution is 2.39. The summed E-state index contributed by atoms with van der Waals surface area (Å²) >= 11 is 0. The summed E-state index contributed by atoms with van der Waals surface area (Å²) in [5, 5.41) is 26.7. The Morgan fingerprint density at radius 1 is 0.780 bits per heavy atom. The molecule has 5 aromatic rings. The summed E-state index contributed by atoms with van der Waals surface area (Å²) in [6.07, 6.45) is 3.06.